The van der Waals surface area contributed by atoms with E-state index < -0.39 is 17.4 Å². The van der Waals surface area contributed by atoms with E-state index in [1.165, 1.54) is 0 Å². The second kappa shape index (κ2) is 15.1. The molecule has 10 nitrogen and oxygen atoms in total. The van der Waals surface area contributed by atoms with Crippen LogP contribution in [0.4, 0.5) is 17.1 Å². The number of anilines is 3. The maximum absolute atomic E-state index is 14.4. The van der Waals surface area contributed by atoms with E-state index in [9.17, 15) is 19.8 Å². The molecule has 0 spiro atoms. The fourth-order valence-corrected chi connectivity index (χ4v) is 7.76. The Morgan fingerprint density at radius 2 is 1.64 bits per heavy atom. The van der Waals surface area contributed by atoms with Crippen LogP contribution < -0.4 is 14.5 Å². The number of carbonyl (C=O) groups is 2. The number of fused-ring (bicyclic) bond motifs is 3. The van der Waals surface area contributed by atoms with Crippen molar-refractivity contribution in [2.24, 2.45) is 5.92 Å². The van der Waals surface area contributed by atoms with Crippen molar-refractivity contribution in [3.05, 3.63) is 172 Å². The Hall–Kier alpha value is -5.88. The SMILES string of the molecule is C[C@H](/C=C/CCn1cc(C(CO)c2ccccc2)nn1)[C@@]1(O)C(=O)N(Cc2cccc(N3C(=O)c4ccccc4Oc4ccccc43)c2)c2ccc(Br)cc21. The van der Waals surface area contributed by atoms with Crippen LogP contribution in [0.3, 0.4) is 0 Å². The summed E-state index contributed by atoms with van der Waals surface area (Å²) in [6.45, 7) is 2.46. The zero-order valence-corrected chi connectivity index (χ0v) is 31.6. The minimum absolute atomic E-state index is 0.0795. The third kappa shape index (κ3) is 6.75. The van der Waals surface area contributed by atoms with Gasteiger partial charge < -0.3 is 19.8 Å². The van der Waals surface area contributed by atoms with Gasteiger partial charge in [-0.1, -0.05) is 107 Å². The van der Waals surface area contributed by atoms with Gasteiger partial charge in [0.1, 0.15) is 5.75 Å². The number of halogens is 1. The van der Waals surface area contributed by atoms with Gasteiger partial charge in [-0.25, -0.2) is 0 Å². The number of hydrogen-bond donors (Lipinski definition) is 2. The van der Waals surface area contributed by atoms with Crippen molar-refractivity contribution in [1.82, 2.24) is 15.0 Å². The fourth-order valence-electron chi connectivity index (χ4n) is 7.40. The van der Waals surface area contributed by atoms with Crippen molar-refractivity contribution >= 4 is 44.8 Å². The topological polar surface area (TPSA) is 121 Å². The third-order valence-electron chi connectivity index (χ3n) is 10.3. The van der Waals surface area contributed by atoms with E-state index in [4.69, 9.17) is 4.74 Å². The number of aliphatic hydroxyl groups excluding tert-OH is 1. The quantitative estimate of drug-likeness (QED) is 0.127. The lowest BCUT2D eigenvalue weighted by molar-refractivity contribution is -0.139. The van der Waals surface area contributed by atoms with Gasteiger partial charge in [-0.2, -0.15) is 0 Å². The van der Waals surface area contributed by atoms with E-state index in [-0.39, 0.29) is 25.0 Å². The Bertz CT molecular complexity index is 2420. The molecule has 2 aliphatic rings. The van der Waals surface area contributed by atoms with Crippen molar-refractivity contribution in [1.29, 1.82) is 0 Å². The molecular formula is C44H38BrN5O5. The third-order valence-corrected chi connectivity index (χ3v) is 10.8. The van der Waals surface area contributed by atoms with Gasteiger partial charge in [-0.3, -0.25) is 19.2 Å². The first-order valence-electron chi connectivity index (χ1n) is 18.1. The molecular weight excluding hydrogens is 758 g/mol. The Kier molecular flexibility index (Phi) is 9.91. The molecule has 55 heavy (non-hydrogen) atoms. The minimum atomic E-state index is -1.82. The number of nitrogens with zero attached hydrogens (tertiary/aromatic N) is 5. The highest BCUT2D eigenvalue weighted by Gasteiger charge is 2.52. The van der Waals surface area contributed by atoms with E-state index in [0.29, 0.717) is 58.3 Å². The van der Waals surface area contributed by atoms with Crippen LogP contribution in [0, 0.1) is 5.92 Å². The second-order valence-electron chi connectivity index (χ2n) is 13.8. The molecule has 1 aromatic heterocycles. The van der Waals surface area contributed by atoms with Crippen LogP contribution >= 0.6 is 15.9 Å². The van der Waals surface area contributed by atoms with Crippen molar-refractivity contribution < 1.29 is 24.5 Å². The molecule has 6 aromatic rings. The lowest BCUT2D eigenvalue weighted by Gasteiger charge is -2.28. The second-order valence-corrected chi connectivity index (χ2v) is 14.7. The first-order valence-corrected chi connectivity index (χ1v) is 18.9. The molecule has 0 aliphatic carbocycles. The summed E-state index contributed by atoms with van der Waals surface area (Å²) >= 11 is 3.55. The van der Waals surface area contributed by atoms with E-state index >= 15 is 0 Å². The van der Waals surface area contributed by atoms with Gasteiger partial charge in [-0.15, -0.1) is 5.10 Å². The molecule has 3 heterocycles. The number of benzene rings is 5. The number of para-hydroxylation sites is 3. The van der Waals surface area contributed by atoms with E-state index in [0.717, 1.165) is 15.6 Å². The lowest BCUT2D eigenvalue weighted by atomic mass is 9.83. The molecule has 3 atom stereocenters. The molecule has 0 saturated carbocycles. The van der Waals surface area contributed by atoms with Crippen LogP contribution in [0.5, 0.6) is 11.5 Å². The van der Waals surface area contributed by atoms with Gasteiger partial charge in [0, 0.05) is 34.4 Å². The van der Waals surface area contributed by atoms with Crippen molar-refractivity contribution in [3.63, 3.8) is 0 Å². The smallest absolute Gasteiger partial charge is 0.266 e. The number of carbonyl (C=O) groups excluding carboxylic acids is 2. The normalized spacial score (nSPS) is 17.4. The van der Waals surface area contributed by atoms with Crippen LogP contribution in [-0.4, -0.2) is 43.6 Å². The Balaban J connectivity index is 1.02. The Morgan fingerprint density at radius 3 is 2.45 bits per heavy atom. The summed E-state index contributed by atoms with van der Waals surface area (Å²) in [5, 5.41) is 30.9. The molecule has 11 heteroatoms. The molecule has 0 fully saturated rings. The summed E-state index contributed by atoms with van der Waals surface area (Å²) in [6, 6.07) is 37.3. The number of allylic oxidation sites excluding steroid dienone is 1. The molecule has 8 rings (SSSR count). The number of amides is 2. The van der Waals surface area contributed by atoms with Crippen LogP contribution in [0.25, 0.3) is 0 Å². The van der Waals surface area contributed by atoms with Gasteiger partial charge in [-0.05, 0) is 72.1 Å². The minimum Gasteiger partial charge on any atom is -0.454 e. The highest BCUT2D eigenvalue weighted by Crippen LogP contribution is 2.47. The fraction of sp³-hybridized carbons (Fsp3) is 0.182. The first-order chi connectivity index (χ1) is 26.8. The van der Waals surface area contributed by atoms with E-state index in [2.05, 4.69) is 26.2 Å². The number of hydrogen-bond acceptors (Lipinski definition) is 7. The van der Waals surface area contributed by atoms with Crippen LogP contribution in [-0.2, 0) is 23.5 Å². The maximum atomic E-state index is 14.4. The van der Waals surface area contributed by atoms with Crippen LogP contribution in [0.15, 0.2) is 144 Å². The Labute approximate surface area is 327 Å². The van der Waals surface area contributed by atoms with Crippen LogP contribution in [0.2, 0.25) is 0 Å². The number of aryl methyl sites for hydroxylation is 1. The molecule has 276 valence electrons. The monoisotopic (exact) mass is 795 g/mol. The summed E-state index contributed by atoms with van der Waals surface area (Å²) in [5.41, 5.74) is 3.41. The predicted molar refractivity (Wildman–Crippen MR) is 213 cm³/mol. The highest BCUT2D eigenvalue weighted by atomic mass is 79.9. The van der Waals surface area contributed by atoms with Crippen molar-refractivity contribution in [3.8, 4) is 11.5 Å². The lowest BCUT2D eigenvalue weighted by Crippen LogP contribution is -2.44. The number of rotatable bonds is 11. The van der Waals surface area contributed by atoms with Gasteiger partial charge in [0.25, 0.3) is 11.8 Å². The summed E-state index contributed by atoms with van der Waals surface area (Å²) in [4.78, 5) is 31.7. The molecule has 2 amide bonds. The maximum Gasteiger partial charge on any atom is 0.266 e. The Morgan fingerprint density at radius 1 is 0.873 bits per heavy atom. The van der Waals surface area contributed by atoms with Gasteiger partial charge in [0.15, 0.2) is 11.4 Å². The molecule has 2 N–H and O–H groups in total. The standard InChI is InChI=1S/C44H38BrN5O5/c1-29(12-9-10-23-48-27-37(46-47-48)35(28-51)31-14-3-2-4-15-31)44(54)36-25-32(45)21-22-38(36)49(43(44)53)26-30-13-11-16-33(24-30)50-39-18-6-8-20-41(39)55-40-19-7-5-17-34(40)42(50)52/h2-9,11-22,24-25,27,29,35,51,54H,10,23,26,28H2,1H3/b12-9+/t29-,35?,44+/m1/s1. The summed E-state index contributed by atoms with van der Waals surface area (Å²) in [7, 11) is 0. The first kappa shape index (κ1) is 36.1. The number of aromatic nitrogens is 3. The number of aliphatic hydroxyl groups is 2. The average molecular weight is 797 g/mol. The average Bonchev–Trinajstić information content (AvgIpc) is 3.71. The predicted octanol–water partition coefficient (Wildman–Crippen LogP) is 8.27. The molecule has 5 aromatic carbocycles. The largest absolute Gasteiger partial charge is 0.454 e. The van der Waals surface area contributed by atoms with Gasteiger partial charge in [0.2, 0.25) is 0 Å². The summed E-state index contributed by atoms with van der Waals surface area (Å²) in [6.07, 6.45) is 6.24. The number of ether oxygens (including phenoxy) is 1. The molecule has 0 bridgehead atoms. The summed E-state index contributed by atoms with van der Waals surface area (Å²) in [5.74, 6) is -0.465. The van der Waals surface area contributed by atoms with Gasteiger partial charge in [0.05, 0.1) is 41.7 Å². The van der Waals surface area contributed by atoms with Crippen molar-refractivity contribution in [2.45, 2.75) is 38.0 Å². The zero-order chi connectivity index (χ0) is 38.1. The van der Waals surface area contributed by atoms with Crippen LogP contribution in [0.1, 0.15) is 52.0 Å². The summed E-state index contributed by atoms with van der Waals surface area (Å²) < 4.78 is 8.67. The molecule has 0 radical (unpaired) electrons. The molecule has 1 unspecified atom stereocenters. The van der Waals surface area contributed by atoms with E-state index in [1.54, 1.807) is 32.7 Å². The highest BCUT2D eigenvalue weighted by molar-refractivity contribution is 9.10. The molecule has 2 aliphatic heterocycles. The zero-order valence-electron chi connectivity index (χ0n) is 30.0. The van der Waals surface area contributed by atoms with Gasteiger partial charge >= 0.3 is 0 Å². The van der Waals surface area contributed by atoms with E-state index in [1.807, 2.05) is 128 Å². The van der Waals surface area contributed by atoms with Crippen molar-refractivity contribution in [2.75, 3.05) is 16.4 Å². The molecule has 0 saturated heterocycles.